The number of benzene rings is 2. The predicted molar refractivity (Wildman–Crippen MR) is 77.2 cm³/mol. The fourth-order valence-corrected chi connectivity index (χ4v) is 2.52. The molecule has 0 radical (unpaired) electrons. The first-order valence-electron chi connectivity index (χ1n) is 5.84. The summed E-state index contributed by atoms with van der Waals surface area (Å²) < 4.78 is 24.7. The lowest BCUT2D eigenvalue weighted by atomic mass is 10.3. The molecule has 1 atom stereocenters. The first-order valence-corrected chi connectivity index (χ1v) is 7.16. The van der Waals surface area contributed by atoms with Gasteiger partial charge in [0.25, 0.3) is 0 Å². The number of anilines is 2. The van der Waals surface area contributed by atoms with Crippen LogP contribution in [0.3, 0.4) is 0 Å². The molecule has 2 rings (SSSR count). The van der Waals surface area contributed by atoms with Gasteiger partial charge in [-0.3, -0.25) is 9.00 Å². The minimum absolute atomic E-state index is 0.194. The molecule has 0 aromatic heterocycles. The first-order chi connectivity index (χ1) is 9.54. The highest BCUT2D eigenvalue weighted by Crippen LogP contribution is 2.13. The number of carbonyl (C=O) groups excluding carboxylic acids is 1. The number of hydrogen-bond acceptors (Lipinski definition) is 3. The van der Waals surface area contributed by atoms with Crippen LogP contribution in [0.1, 0.15) is 0 Å². The number of hydrogen-bond donors (Lipinski definition) is 2. The van der Waals surface area contributed by atoms with E-state index in [1.807, 2.05) is 0 Å². The van der Waals surface area contributed by atoms with Crippen molar-refractivity contribution in [2.75, 3.05) is 16.8 Å². The van der Waals surface area contributed by atoms with E-state index in [-0.39, 0.29) is 5.75 Å². The molecule has 0 spiro atoms. The van der Waals surface area contributed by atoms with Gasteiger partial charge < -0.3 is 11.1 Å². The van der Waals surface area contributed by atoms with Crippen LogP contribution in [0.2, 0.25) is 0 Å². The standard InChI is InChI=1S/C14H13FN2O2S/c15-10-4-6-13(7-5-10)20(19)9-14(18)17-12-3-1-2-11(16)8-12/h1-8H,9,16H2,(H,17,18). The highest BCUT2D eigenvalue weighted by molar-refractivity contribution is 7.85. The van der Waals surface area contributed by atoms with E-state index in [1.54, 1.807) is 24.3 Å². The Kier molecular flexibility index (Phi) is 4.47. The van der Waals surface area contributed by atoms with Crippen molar-refractivity contribution in [3.05, 3.63) is 54.3 Å². The van der Waals surface area contributed by atoms with E-state index in [1.165, 1.54) is 24.3 Å². The van der Waals surface area contributed by atoms with Crippen LogP contribution >= 0.6 is 0 Å². The Balaban J connectivity index is 1.97. The molecule has 20 heavy (non-hydrogen) atoms. The average molecular weight is 292 g/mol. The molecule has 0 aliphatic heterocycles. The molecule has 6 heteroatoms. The van der Waals surface area contributed by atoms with Crippen LogP contribution < -0.4 is 11.1 Å². The Morgan fingerprint density at radius 1 is 1.20 bits per heavy atom. The fraction of sp³-hybridized carbons (Fsp3) is 0.0714. The molecule has 1 amide bonds. The molecule has 1 unspecified atom stereocenters. The lowest BCUT2D eigenvalue weighted by molar-refractivity contribution is -0.113. The minimum Gasteiger partial charge on any atom is -0.399 e. The van der Waals surface area contributed by atoms with Gasteiger partial charge >= 0.3 is 0 Å². The molecular formula is C14H13FN2O2S. The lowest BCUT2D eigenvalue weighted by Crippen LogP contribution is -2.19. The summed E-state index contributed by atoms with van der Waals surface area (Å²) in [6.45, 7) is 0. The summed E-state index contributed by atoms with van der Waals surface area (Å²) in [5.74, 6) is -0.992. The van der Waals surface area contributed by atoms with Crippen molar-refractivity contribution in [1.29, 1.82) is 0 Å². The summed E-state index contributed by atoms with van der Waals surface area (Å²) in [6, 6.07) is 11.9. The number of nitrogen functional groups attached to an aromatic ring is 1. The average Bonchev–Trinajstić information content (AvgIpc) is 2.39. The van der Waals surface area contributed by atoms with E-state index >= 15 is 0 Å². The third kappa shape index (κ3) is 3.89. The summed E-state index contributed by atoms with van der Waals surface area (Å²) >= 11 is 0. The van der Waals surface area contributed by atoms with Gasteiger partial charge in [-0.2, -0.15) is 0 Å². The normalized spacial score (nSPS) is 11.8. The number of nitrogens with two attached hydrogens (primary N) is 1. The van der Waals surface area contributed by atoms with Gasteiger partial charge in [0, 0.05) is 16.3 Å². The topological polar surface area (TPSA) is 72.2 Å². The zero-order chi connectivity index (χ0) is 14.5. The highest BCUT2D eigenvalue weighted by atomic mass is 32.2. The fourth-order valence-electron chi connectivity index (χ4n) is 1.60. The minimum atomic E-state index is -1.51. The zero-order valence-electron chi connectivity index (χ0n) is 10.5. The summed E-state index contributed by atoms with van der Waals surface area (Å²) in [4.78, 5) is 12.2. The third-order valence-corrected chi connectivity index (χ3v) is 3.83. The van der Waals surface area contributed by atoms with Crippen molar-refractivity contribution in [1.82, 2.24) is 0 Å². The maximum absolute atomic E-state index is 12.7. The molecule has 0 saturated carbocycles. The van der Waals surface area contributed by atoms with E-state index in [0.29, 0.717) is 16.3 Å². The Bertz CT molecular complexity index is 644. The Hall–Kier alpha value is -2.21. The molecule has 0 bridgehead atoms. The second-order valence-electron chi connectivity index (χ2n) is 4.12. The number of halogens is 1. The molecule has 0 aliphatic rings. The van der Waals surface area contributed by atoms with Gasteiger partial charge in [-0.05, 0) is 42.5 Å². The number of amides is 1. The van der Waals surface area contributed by atoms with E-state index in [0.717, 1.165) is 0 Å². The Labute approximate surface area is 118 Å². The molecular weight excluding hydrogens is 279 g/mol. The molecule has 0 heterocycles. The van der Waals surface area contributed by atoms with Gasteiger partial charge in [0.2, 0.25) is 5.91 Å². The van der Waals surface area contributed by atoms with E-state index in [9.17, 15) is 13.4 Å². The van der Waals surface area contributed by atoms with E-state index < -0.39 is 22.5 Å². The molecule has 0 fully saturated rings. The molecule has 104 valence electrons. The van der Waals surface area contributed by atoms with Crippen LogP contribution in [0.15, 0.2) is 53.4 Å². The second kappa shape index (κ2) is 6.29. The van der Waals surface area contributed by atoms with Crippen LogP contribution in [0.4, 0.5) is 15.8 Å². The Morgan fingerprint density at radius 3 is 2.55 bits per heavy atom. The maximum Gasteiger partial charge on any atom is 0.237 e. The van der Waals surface area contributed by atoms with Crippen molar-refractivity contribution >= 4 is 28.1 Å². The van der Waals surface area contributed by atoms with Crippen molar-refractivity contribution in [2.24, 2.45) is 0 Å². The first kappa shape index (κ1) is 14.2. The third-order valence-electron chi connectivity index (χ3n) is 2.51. The van der Waals surface area contributed by atoms with Crippen LogP contribution in [0.25, 0.3) is 0 Å². The van der Waals surface area contributed by atoms with E-state index in [2.05, 4.69) is 5.32 Å². The number of rotatable bonds is 4. The lowest BCUT2D eigenvalue weighted by Gasteiger charge is -2.06. The summed E-state index contributed by atoms with van der Waals surface area (Å²) in [6.07, 6.45) is 0. The van der Waals surface area contributed by atoms with Crippen LogP contribution in [-0.2, 0) is 15.6 Å². The van der Waals surface area contributed by atoms with Gasteiger partial charge in [0.1, 0.15) is 11.6 Å². The van der Waals surface area contributed by atoms with Crippen LogP contribution in [0.5, 0.6) is 0 Å². The summed E-state index contributed by atoms with van der Waals surface area (Å²) in [7, 11) is -1.51. The van der Waals surface area contributed by atoms with Crippen molar-refractivity contribution in [3.8, 4) is 0 Å². The number of nitrogens with one attached hydrogen (secondary N) is 1. The van der Waals surface area contributed by atoms with Crippen molar-refractivity contribution in [2.45, 2.75) is 4.90 Å². The maximum atomic E-state index is 12.7. The molecule has 2 aromatic carbocycles. The quantitative estimate of drug-likeness (QED) is 0.848. The molecule has 2 aromatic rings. The highest BCUT2D eigenvalue weighted by Gasteiger charge is 2.10. The monoisotopic (exact) mass is 292 g/mol. The van der Waals surface area contributed by atoms with Crippen LogP contribution in [-0.4, -0.2) is 15.9 Å². The zero-order valence-corrected chi connectivity index (χ0v) is 11.3. The van der Waals surface area contributed by atoms with Gasteiger partial charge in [-0.1, -0.05) is 6.07 Å². The van der Waals surface area contributed by atoms with Gasteiger partial charge in [0.15, 0.2) is 0 Å². The molecule has 0 saturated heterocycles. The van der Waals surface area contributed by atoms with Crippen LogP contribution in [0, 0.1) is 5.82 Å². The number of carbonyl (C=O) groups is 1. The largest absolute Gasteiger partial charge is 0.399 e. The van der Waals surface area contributed by atoms with Crippen molar-refractivity contribution < 1.29 is 13.4 Å². The molecule has 3 N–H and O–H groups in total. The summed E-state index contributed by atoms with van der Waals surface area (Å²) in [5, 5.41) is 2.61. The van der Waals surface area contributed by atoms with Gasteiger partial charge in [-0.15, -0.1) is 0 Å². The smallest absolute Gasteiger partial charge is 0.237 e. The predicted octanol–water partition coefficient (Wildman–Crippen LogP) is 2.15. The van der Waals surface area contributed by atoms with E-state index in [4.69, 9.17) is 5.73 Å². The SMILES string of the molecule is Nc1cccc(NC(=O)CS(=O)c2ccc(F)cc2)c1. The van der Waals surface area contributed by atoms with Gasteiger partial charge in [0.05, 0.1) is 10.8 Å². The van der Waals surface area contributed by atoms with Gasteiger partial charge in [-0.25, -0.2) is 4.39 Å². The second-order valence-corrected chi connectivity index (χ2v) is 5.57. The van der Waals surface area contributed by atoms with Crippen molar-refractivity contribution in [3.63, 3.8) is 0 Å². The molecule has 0 aliphatic carbocycles. The molecule has 4 nitrogen and oxygen atoms in total. The summed E-state index contributed by atoms with van der Waals surface area (Å²) in [5.41, 5.74) is 6.67. The Morgan fingerprint density at radius 2 is 1.90 bits per heavy atom.